The number of nitrogens with one attached hydrogen (secondary N) is 2. The summed E-state index contributed by atoms with van der Waals surface area (Å²) in [6, 6.07) is 4.70. The molecule has 0 spiro atoms. The Morgan fingerprint density at radius 2 is 1.81 bits per heavy atom. The van der Waals surface area contributed by atoms with E-state index in [1.807, 2.05) is 24.3 Å². The van der Waals surface area contributed by atoms with Crippen LogP contribution in [0, 0.1) is 0 Å². The molecule has 1 unspecified atom stereocenters. The van der Waals surface area contributed by atoms with Crippen LogP contribution in [0.15, 0.2) is 24.3 Å². The minimum atomic E-state index is -3.23. The van der Waals surface area contributed by atoms with Gasteiger partial charge >= 0.3 is 6.09 Å². The molecule has 0 bridgehead atoms. The minimum Gasteiger partial charge on any atom is -0.465 e. The van der Waals surface area contributed by atoms with Crippen LogP contribution < -0.4 is 10.6 Å². The van der Waals surface area contributed by atoms with Crippen molar-refractivity contribution in [3.8, 4) is 0 Å². The first-order valence-corrected chi connectivity index (χ1v) is 14.0. The van der Waals surface area contributed by atoms with Crippen LogP contribution in [0.1, 0.15) is 56.2 Å². The summed E-state index contributed by atoms with van der Waals surface area (Å²) in [6.45, 7) is 1.40. The number of benzene rings is 1. The lowest BCUT2D eigenvalue weighted by Crippen LogP contribution is -2.57. The van der Waals surface area contributed by atoms with Crippen molar-refractivity contribution in [2.75, 3.05) is 12.8 Å². The molecule has 1 aliphatic carbocycles. The fourth-order valence-corrected chi connectivity index (χ4v) is 7.36. The highest BCUT2D eigenvalue weighted by Gasteiger charge is 2.51. The van der Waals surface area contributed by atoms with Gasteiger partial charge in [-0.05, 0) is 56.6 Å². The monoisotopic (exact) mass is 522 g/mol. The van der Waals surface area contributed by atoms with Gasteiger partial charge in [0.1, 0.15) is 23.5 Å². The van der Waals surface area contributed by atoms with E-state index in [4.69, 9.17) is 5.11 Å². The van der Waals surface area contributed by atoms with E-state index in [1.54, 1.807) is 0 Å². The zero-order chi connectivity index (χ0) is 26.2. The number of carbonyl (C=O) groups is 4. The van der Waals surface area contributed by atoms with E-state index in [0.29, 0.717) is 0 Å². The molecule has 2 aliphatic heterocycles. The number of amides is 4. The maximum Gasteiger partial charge on any atom is 0.407 e. The number of nitrogens with zero attached hydrogens (tertiary/aromatic N) is 2. The molecule has 1 aromatic rings. The van der Waals surface area contributed by atoms with Gasteiger partial charge < -0.3 is 20.6 Å². The summed E-state index contributed by atoms with van der Waals surface area (Å²) in [5.41, 5.74) is 2.24. The third-order valence-electron chi connectivity index (χ3n) is 7.60. The molecule has 12 heteroatoms. The van der Waals surface area contributed by atoms with Crippen molar-refractivity contribution >= 4 is 34.4 Å². The molecule has 0 saturated carbocycles. The van der Waals surface area contributed by atoms with Crippen molar-refractivity contribution in [3.05, 3.63) is 35.4 Å². The number of likely N-dealkylation sites (N-methyl/N-ethyl adjacent to an activating group) is 1. The molecule has 0 radical (unpaired) electrons. The third kappa shape index (κ3) is 5.02. The van der Waals surface area contributed by atoms with E-state index < -0.39 is 52.0 Å². The topological polar surface area (TPSA) is 160 Å². The van der Waals surface area contributed by atoms with Gasteiger partial charge in [0.15, 0.2) is 0 Å². The minimum absolute atomic E-state index is 0.0201. The molecule has 36 heavy (non-hydrogen) atoms. The molecule has 5 atom stereocenters. The Bertz CT molecular complexity index is 1050. The largest absolute Gasteiger partial charge is 0.465 e. The lowest BCUT2D eigenvalue weighted by atomic mass is 9.87. The summed E-state index contributed by atoms with van der Waals surface area (Å²) in [5, 5.41) is 13.9. The Kier molecular flexibility index (Phi) is 7.48. The first-order valence-electron chi connectivity index (χ1n) is 12.2. The van der Waals surface area contributed by atoms with Crippen LogP contribution in [0.5, 0.6) is 0 Å². The second kappa shape index (κ2) is 10.3. The van der Waals surface area contributed by atoms with Gasteiger partial charge in [-0.2, -0.15) is 10.6 Å². The standard InChI is InChI=1S/C24H34N4O7S/c1-14(27(2)24(32)33)21(29)26-18-12-13-36(34,35)20-11-10-19(28(20)23(18)31)22(30)25-17-9-5-7-15-6-3-4-8-16(15)17/h3-4,6,8,14,17-20,34-35H,5,7,9-13H2,1-2H3,(H,25,30)(H,26,29)(H,32,33)/t14?,17-,18+,19+,20+/m1/s1. The summed E-state index contributed by atoms with van der Waals surface area (Å²) in [6.07, 6.45) is 1.88. The zero-order valence-electron chi connectivity index (χ0n) is 20.4. The van der Waals surface area contributed by atoms with Gasteiger partial charge in [0, 0.05) is 12.8 Å². The Balaban J connectivity index is 1.53. The highest BCUT2D eigenvalue weighted by atomic mass is 32.3. The van der Waals surface area contributed by atoms with Gasteiger partial charge in [-0.25, -0.2) is 4.79 Å². The number of hydrogen-bond acceptors (Lipinski definition) is 6. The normalized spacial score (nSPS) is 28.7. The highest BCUT2D eigenvalue weighted by molar-refractivity contribution is 8.24. The van der Waals surface area contributed by atoms with E-state index >= 15 is 0 Å². The van der Waals surface area contributed by atoms with Crippen LogP contribution in [0.3, 0.4) is 0 Å². The quantitative estimate of drug-likeness (QED) is 0.396. The zero-order valence-corrected chi connectivity index (χ0v) is 21.2. The summed E-state index contributed by atoms with van der Waals surface area (Å²) in [7, 11) is -1.98. The number of carboxylic acid groups (broad SMARTS) is 1. The van der Waals surface area contributed by atoms with Crippen molar-refractivity contribution in [1.29, 1.82) is 0 Å². The second-order valence-corrected chi connectivity index (χ2v) is 12.2. The van der Waals surface area contributed by atoms with Gasteiger partial charge in [0.2, 0.25) is 17.7 Å². The molecule has 4 rings (SSSR count). The first kappa shape index (κ1) is 26.2. The summed E-state index contributed by atoms with van der Waals surface area (Å²) >= 11 is 0. The summed E-state index contributed by atoms with van der Waals surface area (Å²) in [5.74, 6) is -1.68. The average molecular weight is 523 g/mol. The van der Waals surface area contributed by atoms with Gasteiger partial charge in [0.05, 0.1) is 6.04 Å². The van der Waals surface area contributed by atoms with E-state index in [2.05, 4.69) is 10.6 Å². The fourth-order valence-electron chi connectivity index (χ4n) is 5.37. The van der Waals surface area contributed by atoms with E-state index in [1.165, 1.54) is 24.4 Å². The molecule has 2 fully saturated rings. The number of carbonyl (C=O) groups excluding carboxylic acids is 3. The van der Waals surface area contributed by atoms with Crippen LogP contribution in [0.25, 0.3) is 0 Å². The molecule has 198 valence electrons. The predicted molar refractivity (Wildman–Crippen MR) is 133 cm³/mol. The molecule has 4 amide bonds. The van der Waals surface area contributed by atoms with Crippen molar-refractivity contribution in [3.63, 3.8) is 0 Å². The average Bonchev–Trinajstić information content (AvgIpc) is 3.28. The van der Waals surface area contributed by atoms with Crippen molar-refractivity contribution in [2.45, 2.75) is 75.0 Å². The highest BCUT2D eigenvalue weighted by Crippen LogP contribution is 2.53. The third-order valence-corrected chi connectivity index (χ3v) is 9.77. The Hall–Kier alpha value is -2.83. The molecule has 2 heterocycles. The number of rotatable bonds is 5. The van der Waals surface area contributed by atoms with Crippen molar-refractivity contribution < 1.29 is 33.4 Å². The maximum atomic E-state index is 13.6. The van der Waals surface area contributed by atoms with Crippen LogP contribution in [-0.4, -0.2) is 84.1 Å². The molecular weight excluding hydrogens is 488 g/mol. The SMILES string of the molecule is CC(C(=O)N[C@H]1CCS(O)(O)[C@H]2CC[C@@H](C(=O)N[C@@H]3CCCc4ccccc43)N2C1=O)N(C)C(=O)O. The lowest BCUT2D eigenvalue weighted by molar-refractivity contribution is -0.142. The Morgan fingerprint density at radius 3 is 2.53 bits per heavy atom. The first-order chi connectivity index (χ1) is 17.0. The van der Waals surface area contributed by atoms with Crippen molar-refractivity contribution in [2.24, 2.45) is 0 Å². The lowest BCUT2D eigenvalue weighted by Gasteiger charge is -2.41. The molecule has 11 nitrogen and oxygen atoms in total. The van der Waals surface area contributed by atoms with Gasteiger partial charge in [-0.15, -0.1) is 0 Å². The van der Waals surface area contributed by atoms with Crippen LogP contribution in [0.2, 0.25) is 0 Å². The summed E-state index contributed by atoms with van der Waals surface area (Å²) < 4.78 is 21.7. The number of aryl methyl sites for hydroxylation is 1. The van der Waals surface area contributed by atoms with E-state index in [9.17, 15) is 28.3 Å². The van der Waals surface area contributed by atoms with Crippen LogP contribution >= 0.6 is 10.6 Å². The number of fused-ring (bicyclic) bond motifs is 2. The van der Waals surface area contributed by atoms with E-state index in [0.717, 1.165) is 29.7 Å². The maximum absolute atomic E-state index is 13.6. The van der Waals surface area contributed by atoms with Crippen molar-refractivity contribution in [1.82, 2.24) is 20.4 Å². The van der Waals surface area contributed by atoms with Gasteiger partial charge in [-0.1, -0.05) is 24.3 Å². The molecule has 1 aromatic carbocycles. The molecule has 5 N–H and O–H groups in total. The number of hydrogen-bond donors (Lipinski definition) is 5. The van der Waals surface area contributed by atoms with E-state index in [-0.39, 0.29) is 37.0 Å². The van der Waals surface area contributed by atoms with Crippen LogP contribution in [0.4, 0.5) is 4.79 Å². The molecule has 2 saturated heterocycles. The van der Waals surface area contributed by atoms with Crippen LogP contribution in [-0.2, 0) is 20.8 Å². The Labute approximate surface area is 211 Å². The fraction of sp³-hybridized carbons (Fsp3) is 0.583. The van der Waals surface area contributed by atoms with Gasteiger partial charge in [-0.3, -0.25) is 28.4 Å². The predicted octanol–water partition coefficient (Wildman–Crippen LogP) is 2.13. The Morgan fingerprint density at radius 1 is 1.08 bits per heavy atom. The smallest absolute Gasteiger partial charge is 0.407 e. The molecule has 3 aliphatic rings. The summed E-state index contributed by atoms with van der Waals surface area (Å²) in [4.78, 5) is 53.0. The molecule has 0 aromatic heterocycles. The second-order valence-electron chi connectivity index (χ2n) is 9.79. The van der Waals surface area contributed by atoms with Gasteiger partial charge in [0.25, 0.3) is 0 Å². The molecular formula is C24H34N4O7S.